The van der Waals surface area contributed by atoms with Crippen LogP contribution in [0.4, 0.5) is 4.79 Å². The minimum Gasteiger partial charge on any atom is -0.496 e. The van der Waals surface area contributed by atoms with Crippen molar-refractivity contribution in [2.75, 3.05) is 20.2 Å². The Bertz CT molecular complexity index is 582. The number of methoxy groups -OCH3 is 1. The Morgan fingerprint density at radius 3 is 2.90 bits per heavy atom. The zero-order chi connectivity index (χ0) is 15.1. The Kier molecular flexibility index (Phi) is 3.90. The van der Waals surface area contributed by atoms with E-state index in [2.05, 4.69) is 0 Å². The Morgan fingerprint density at radius 1 is 1.48 bits per heavy atom. The SMILES string of the molecule is COc1ccc(Cl)c(Cl)c1[C@H]1C[C@H]2C(CN)OC(=O)N2C1. The van der Waals surface area contributed by atoms with Crippen LogP contribution in [0.25, 0.3) is 0 Å². The maximum atomic E-state index is 11.9. The maximum Gasteiger partial charge on any atom is 0.410 e. The van der Waals surface area contributed by atoms with Crippen LogP contribution in [0.5, 0.6) is 5.75 Å². The summed E-state index contributed by atoms with van der Waals surface area (Å²) < 4.78 is 10.6. The molecule has 3 atom stereocenters. The molecule has 2 heterocycles. The van der Waals surface area contributed by atoms with Gasteiger partial charge in [0, 0.05) is 24.6 Å². The highest BCUT2D eigenvalue weighted by Gasteiger charge is 2.48. The van der Waals surface area contributed by atoms with Crippen LogP contribution < -0.4 is 10.5 Å². The highest BCUT2D eigenvalue weighted by atomic mass is 35.5. The molecule has 1 aromatic carbocycles. The Labute approximate surface area is 132 Å². The Hall–Kier alpha value is -1.17. The largest absolute Gasteiger partial charge is 0.496 e. The first kappa shape index (κ1) is 14.8. The summed E-state index contributed by atoms with van der Waals surface area (Å²) in [5.74, 6) is 0.756. The second-order valence-electron chi connectivity index (χ2n) is 5.29. The predicted octanol–water partition coefficient (Wildman–Crippen LogP) is 2.64. The lowest BCUT2D eigenvalue weighted by atomic mass is 9.93. The molecule has 0 saturated carbocycles. The number of rotatable bonds is 3. The van der Waals surface area contributed by atoms with Crippen molar-refractivity contribution in [1.82, 2.24) is 4.90 Å². The first-order valence-electron chi connectivity index (χ1n) is 6.76. The van der Waals surface area contributed by atoms with Crippen molar-refractivity contribution in [3.05, 3.63) is 27.7 Å². The van der Waals surface area contributed by atoms with Crippen LogP contribution in [0, 0.1) is 0 Å². The summed E-state index contributed by atoms with van der Waals surface area (Å²) in [6.07, 6.45) is 0.172. The van der Waals surface area contributed by atoms with Gasteiger partial charge in [-0.05, 0) is 18.6 Å². The lowest BCUT2D eigenvalue weighted by Gasteiger charge is -2.18. The smallest absolute Gasteiger partial charge is 0.410 e. The molecule has 2 N–H and O–H groups in total. The van der Waals surface area contributed by atoms with E-state index in [9.17, 15) is 4.79 Å². The number of nitrogens with zero attached hydrogens (tertiary/aromatic N) is 1. The van der Waals surface area contributed by atoms with Gasteiger partial charge in [0.05, 0.1) is 23.2 Å². The summed E-state index contributed by atoms with van der Waals surface area (Å²) in [6, 6.07) is 3.50. The fourth-order valence-corrected chi connectivity index (χ4v) is 3.70. The third kappa shape index (κ3) is 2.33. The minimum absolute atomic E-state index is 0.00717. The highest BCUT2D eigenvalue weighted by Crippen LogP contribution is 2.45. The molecule has 2 aliphatic heterocycles. The van der Waals surface area contributed by atoms with Crippen LogP contribution in [0.3, 0.4) is 0 Å². The normalized spacial score (nSPS) is 27.7. The van der Waals surface area contributed by atoms with Crippen LogP contribution in [0.1, 0.15) is 17.9 Å². The number of carbonyl (C=O) groups is 1. The number of benzene rings is 1. The maximum absolute atomic E-state index is 11.9. The van der Waals surface area contributed by atoms with E-state index < -0.39 is 0 Å². The topological polar surface area (TPSA) is 64.8 Å². The molecular weight excluding hydrogens is 315 g/mol. The molecule has 7 heteroatoms. The van der Waals surface area contributed by atoms with Crippen LogP contribution >= 0.6 is 23.2 Å². The number of amides is 1. The fraction of sp³-hybridized carbons (Fsp3) is 0.500. The van der Waals surface area contributed by atoms with Crippen molar-refractivity contribution in [3.63, 3.8) is 0 Å². The molecule has 0 radical (unpaired) electrons. The molecule has 2 fully saturated rings. The van der Waals surface area contributed by atoms with E-state index in [1.165, 1.54) is 0 Å². The molecule has 21 heavy (non-hydrogen) atoms. The lowest BCUT2D eigenvalue weighted by molar-refractivity contribution is 0.128. The second kappa shape index (κ2) is 5.55. The molecule has 1 amide bonds. The number of nitrogens with two attached hydrogens (primary N) is 1. The van der Waals surface area contributed by atoms with Crippen molar-refractivity contribution >= 4 is 29.3 Å². The van der Waals surface area contributed by atoms with Crippen LogP contribution in [0.2, 0.25) is 10.0 Å². The molecule has 2 aliphatic rings. The summed E-state index contributed by atoms with van der Waals surface area (Å²) in [5, 5.41) is 0.970. The van der Waals surface area contributed by atoms with Crippen molar-refractivity contribution in [2.24, 2.45) is 5.73 Å². The average molecular weight is 331 g/mol. The predicted molar refractivity (Wildman–Crippen MR) is 80.2 cm³/mol. The quantitative estimate of drug-likeness (QED) is 0.925. The monoisotopic (exact) mass is 330 g/mol. The number of hydrogen-bond donors (Lipinski definition) is 1. The number of carbonyl (C=O) groups excluding carboxylic acids is 1. The van der Waals surface area contributed by atoms with E-state index in [1.54, 1.807) is 24.1 Å². The zero-order valence-electron chi connectivity index (χ0n) is 11.5. The first-order chi connectivity index (χ1) is 10.1. The zero-order valence-corrected chi connectivity index (χ0v) is 13.0. The van der Waals surface area contributed by atoms with Gasteiger partial charge in [-0.15, -0.1) is 0 Å². The van der Waals surface area contributed by atoms with Crippen molar-refractivity contribution in [2.45, 2.75) is 24.5 Å². The summed E-state index contributed by atoms with van der Waals surface area (Å²) in [6.45, 7) is 0.858. The standard InChI is InChI=1S/C14H16Cl2N2O3/c1-20-10-3-2-8(15)13(16)12(10)7-4-9-11(5-17)21-14(19)18(9)6-7/h2-3,7,9,11H,4-6,17H2,1H3/t7-,9-,11?/m0/s1. The van der Waals surface area contributed by atoms with Gasteiger partial charge in [-0.3, -0.25) is 0 Å². The summed E-state index contributed by atoms with van der Waals surface area (Å²) in [4.78, 5) is 13.6. The molecule has 5 nitrogen and oxygen atoms in total. The first-order valence-corrected chi connectivity index (χ1v) is 7.51. The van der Waals surface area contributed by atoms with E-state index in [4.69, 9.17) is 38.4 Å². The number of ether oxygens (including phenoxy) is 2. The van der Waals surface area contributed by atoms with Gasteiger partial charge in [-0.25, -0.2) is 4.79 Å². The van der Waals surface area contributed by atoms with Crippen LogP contribution in [-0.4, -0.2) is 43.3 Å². The van der Waals surface area contributed by atoms with Crippen molar-refractivity contribution in [1.29, 1.82) is 0 Å². The van der Waals surface area contributed by atoms with Gasteiger partial charge in [0.2, 0.25) is 0 Å². The van der Waals surface area contributed by atoms with Crippen LogP contribution in [-0.2, 0) is 4.74 Å². The van der Waals surface area contributed by atoms with E-state index >= 15 is 0 Å². The average Bonchev–Trinajstić information content (AvgIpc) is 3.02. The van der Waals surface area contributed by atoms with Crippen molar-refractivity contribution < 1.29 is 14.3 Å². The number of hydrogen-bond acceptors (Lipinski definition) is 4. The van der Waals surface area contributed by atoms with Gasteiger partial charge in [-0.2, -0.15) is 0 Å². The fourth-order valence-electron chi connectivity index (χ4n) is 3.23. The Morgan fingerprint density at radius 2 is 2.24 bits per heavy atom. The van der Waals surface area contributed by atoms with Gasteiger partial charge < -0.3 is 20.1 Å². The molecular formula is C14H16Cl2N2O3. The third-order valence-electron chi connectivity index (χ3n) is 4.21. The molecule has 0 aliphatic carbocycles. The highest BCUT2D eigenvalue weighted by molar-refractivity contribution is 6.42. The van der Waals surface area contributed by atoms with Gasteiger partial charge in [0.25, 0.3) is 0 Å². The molecule has 0 spiro atoms. The number of cyclic esters (lactones) is 1. The van der Waals surface area contributed by atoms with E-state index in [1.807, 2.05) is 0 Å². The minimum atomic E-state index is -0.310. The van der Waals surface area contributed by atoms with Gasteiger partial charge in [-0.1, -0.05) is 23.2 Å². The third-order valence-corrected chi connectivity index (χ3v) is 5.03. The molecule has 1 unspecified atom stereocenters. The van der Waals surface area contributed by atoms with Gasteiger partial charge in [0.15, 0.2) is 0 Å². The van der Waals surface area contributed by atoms with Gasteiger partial charge >= 0.3 is 6.09 Å². The molecule has 114 valence electrons. The number of fused-ring (bicyclic) bond motifs is 1. The number of halogens is 2. The van der Waals surface area contributed by atoms with Gasteiger partial charge in [0.1, 0.15) is 11.9 Å². The summed E-state index contributed by atoms with van der Waals surface area (Å²) in [5.41, 5.74) is 6.52. The molecule has 0 aromatic heterocycles. The molecule has 0 bridgehead atoms. The second-order valence-corrected chi connectivity index (χ2v) is 6.07. The van der Waals surface area contributed by atoms with Crippen LogP contribution in [0.15, 0.2) is 12.1 Å². The molecule has 2 saturated heterocycles. The summed E-state index contributed by atoms with van der Waals surface area (Å²) in [7, 11) is 1.59. The van der Waals surface area contributed by atoms with E-state index in [0.29, 0.717) is 28.9 Å². The lowest BCUT2D eigenvalue weighted by Crippen LogP contribution is -2.34. The molecule has 1 aromatic rings. The Balaban J connectivity index is 1.94. The van der Waals surface area contributed by atoms with E-state index in [-0.39, 0.29) is 24.2 Å². The molecule has 3 rings (SSSR count). The van der Waals surface area contributed by atoms with Crippen molar-refractivity contribution in [3.8, 4) is 5.75 Å². The summed E-state index contributed by atoms with van der Waals surface area (Å²) >= 11 is 12.5. The van der Waals surface area contributed by atoms with E-state index in [0.717, 1.165) is 12.0 Å².